The summed E-state index contributed by atoms with van der Waals surface area (Å²) in [6, 6.07) is 22.9. The number of hydrogen-bond acceptors (Lipinski definition) is 2. The van der Waals surface area contributed by atoms with Gasteiger partial charge in [-0.25, -0.2) is 0 Å². The molecule has 0 aliphatic carbocycles. The smallest absolute Gasteiger partial charge is 0.303 e. The number of nitrogens with zero attached hydrogens (tertiary/aromatic N) is 1. The molecule has 2 aromatic heterocycles. The molecule has 0 radical (unpaired) electrons. The van der Waals surface area contributed by atoms with E-state index >= 15 is 0 Å². The van der Waals surface area contributed by atoms with Crippen LogP contribution < -0.4 is 0 Å². The number of rotatable bonds is 5. The van der Waals surface area contributed by atoms with Crippen molar-refractivity contribution in [3.63, 3.8) is 0 Å². The number of aliphatic carboxylic acids is 1. The molecule has 0 aliphatic heterocycles. The van der Waals surface area contributed by atoms with Crippen molar-refractivity contribution < 1.29 is 9.90 Å². The maximum atomic E-state index is 11.0. The molecule has 3 nitrogen and oxygen atoms in total. The topological polar surface area (TPSA) is 42.2 Å². The van der Waals surface area contributed by atoms with Crippen molar-refractivity contribution >= 4 is 28.1 Å². The Morgan fingerprint density at radius 2 is 1.80 bits per heavy atom. The molecule has 2 aromatic carbocycles. The summed E-state index contributed by atoms with van der Waals surface area (Å²) in [6.45, 7) is 0. The number of carbonyl (C=O) groups is 1. The molecular weight excluding hydrogens is 330 g/mol. The molecule has 0 amide bonds. The van der Waals surface area contributed by atoms with E-state index in [-0.39, 0.29) is 6.42 Å². The number of aryl methyl sites for hydroxylation is 1. The Labute approximate surface area is 149 Å². The van der Waals surface area contributed by atoms with Crippen LogP contribution in [0.1, 0.15) is 12.1 Å². The van der Waals surface area contributed by atoms with Gasteiger partial charge in [-0.2, -0.15) is 0 Å². The molecule has 25 heavy (non-hydrogen) atoms. The van der Waals surface area contributed by atoms with E-state index in [2.05, 4.69) is 52.4 Å². The highest BCUT2D eigenvalue weighted by atomic mass is 32.1. The van der Waals surface area contributed by atoms with E-state index in [1.807, 2.05) is 24.3 Å². The van der Waals surface area contributed by atoms with E-state index in [0.717, 1.165) is 17.1 Å². The predicted molar refractivity (Wildman–Crippen MR) is 103 cm³/mol. The van der Waals surface area contributed by atoms with Crippen LogP contribution in [-0.2, 0) is 11.2 Å². The lowest BCUT2D eigenvalue weighted by molar-refractivity contribution is -0.136. The summed E-state index contributed by atoms with van der Waals surface area (Å²) < 4.78 is 2.18. The molecule has 0 bridgehead atoms. The monoisotopic (exact) mass is 347 g/mol. The number of fused-ring (bicyclic) bond motifs is 1. The molecule has 0 atom stereocenters. The summed E-state index contributed by atoms with van der Waals surface area (Å²) in [5.41, 5.74) is 3.18. The fourth-order valence-corrected chi connectivity index (χ4v) is 3.89. The lowest BCUT2D eigenvalue weighted by Gasteiger charge is -2.14. The first kappa shape index (κ1) is 15.7. The zero-order valence-corrected chi connectivity index (χ0v) is 14.4. The highest BCUT2D eigenvalue weighted by molar-refractivity contribution is 7.13. The van der Waals surface area contributed by atoms with E-state index in [1.54, 1.807) is 11.3 Å². The van der Waals surface area contributed by atoms with Gasteiger partial charge < -0.3 is 9.67 Å². The second-order valence-electron chi connectivity index (χ2n) is 5.95. The molecule has 4 rings (SSSR count). The Bertz CT molecular complexity index is 1030. The Morgan fingerprint density at radius 1 is 0.960 bits per heavy atom. The zero-order valence-electron chi connectivity index (χ0n) is 13.6. The van der Waals surface area contributed by atoms with Gasteiger partial charge in [0.05, 0.1) is 17.0 Å². The van der Waals surface area contributed by atoms with Gasteiger partial charge in [0.2, 0.25) is 0 Å². The van der Waals surface area contributed by atoms with Gasteiger partial charge >= 0.3 is 5.97 Å². The van der Waals surface area contributed by atoms with Crippen LogP contribution in [0.15, 0.2) is 72.1 Å². The second kappa shape index (κ2) is 6.57. The van der Waals surface area contributed by atoms with Crippen molar-refractivity contribution in [2.24, 2.45) is 0 Å². The summed E-state index contributed by atoms with van der Waals surface area (Å²) >= 11 is 1.69. The van der Waals surface area contributed by atoms with Crippen LogP contribution in [0, 0.1) is 0 Å². The van der Waals surface area contributed by atoms with Crippen LogP contribution >= 0.6 is 11.3 Å². The molecule has 0 saturated heterocycles. The molecule has 0 saturated carbocycles. The Balaban J connectivity index is 1.87. The summed E-state index contributed by atoms with van der Waals surface area (Å²) in [5, 5.41) is 13.5. The molecule has 2 heterocycles. The average Bonchev–Trinajstić information content (AvgIpc) is 3.28. The summed E-state index contributed by atoms with van der Waals surface area (Å²) in [4.78, 5) is 12.2. The standard InChI is InChI=1S/C21H17NO2S/c23-21(24)12-10-17-9-11-19(20-6-3-13-25-20)22(17)18-8-7-15-4-1-2-5-16(15)14-18/h1-9,11,13-14H,10,12H2,(H,23,24). The van der Waals surface area contributed by atoms with Gasteiger partial charge in [0.15, 0.2) is 0 Å². The number of carboxylic acid groups (broad SMARTS) is 1. The van der Waals surface area contributed by atoms with Gasteiger partial charge in [0.25, 0.3) is 0 Å². The average molecular weight is 347 g/mol. The quantitative estimate of drug-likeness (QED) is 0.527. The lowest BCUT2D eigenvalue weighted by Crippen LogP contribution is -2.05. The fourth-order valence-electron chi connectivity index (χ4n) is 3.15. The van der Waals surface area contributed by atoms with Gasteiger partial charge in [-0.3, -0.25) is 4.79 Å². The van der Waals surface area contributed by atoms with Gasteiger partial charge in [-0.05, 0) is 52.9 Å². The molecular formula is C21H17NO2S. The largest absolute Gasteiger partial charge is 0.481 e. The van der Waals surface area contributed by atoms with E-state index in [9.17, 15) is 4.79 Å². The number of hydrogen-bond donors (Lipinski definition) is 1. The summed E-state index contributed by atoms with van der Waals surface area (Å²) in [6.07, 6.45) is 0.634. The molecule has 0 unspecified atom stereocenters. The third-order valence-corrected chi connectivity index (χ3v) is 5.21. The van der Waals surface area contributed by atoms with Crippen molar-refractivity contribution in [1.82, 2.24) is 4.57 Å². The van der Waals surface area contributed by atoms with Crippen LogP contribution in [0.4, 0.5) is 0 Å². The van der Waals surface area contributed by atoms with E-state index < -0.39 is 5.97 Å². The van der Waals surface area contributed by atoms with Crippen molar-refractivity contribution in [1.29, 1.82) is 0 Å². The Hall–Kier alpha value is -2.85. The van der Waals surface area contributed by atoms with Crippen molar-refractivity contribution in [2.75, 3.05) is 0 Å². The SMILES string of the molecule is O=C(O)CCc1ccc(-c2cccs2)n1-c1ccc2ccccc2c1. The molecule has 1 N–H and O–H groups in total. The molecule has 4 heteroatoms. The fraction of sp³-hybridized carbons (Fsp3) is 0.0952. The zero-order chi connectivity index (χ0) is 17.2. The third kappa shape index (κ3) is 3.08. The predicted octanol–water partition coefficient (Wildman–Crippen LogP) is 5.38. The van der Waals surface area contributed by atoms with Crippen LogP contribution in [-0.4, -0.2) is 15.6 Å². The number of aromatic nitrogens is 1. The van der Waals surface area contributed by atoms with Crippen LogP contribution in [0.5, 0.6) is 0 Å². The van der Waals surface area contributed by atoms with Crippen molar-refractivity contribution in [2.45, 2.75) is 12.8 Å². The maximum absolute atomic E-state index is 11.0. The van der Waals surface area contributed by atoms with Crippen LogP contribution in [0.3, 0.4) is 0 Å². The van der Waals surface area contributed by atoms with Gasteiger partial charge in [-0.1, -0.05) is 36.4 Å². The van der Waals surface area contributed by atoms with E-state index in [1.165, 1.54) is 15.6 Å². The minimum Gasteiger partial charge on any atom is -0.481 e. The Kier molecular flexibility index (Phi) is 4.12. The van der Waals surface area contributed by atoms with E-state index in [4.69, 9.17) is 5.11 Å². The summed E-state index contributed by atoms with van der Waals surface area (Å²) in [7, 11) is 0. The number of benzene rings is 2. The molecule has 0 aliphatic rings. The normalized spacial score (nSPS) is 11.0. The lowest BCUT2D eigenvalue weighted by atomic mass is 10.1. The van der Waals surface area contributed by atoms with Crippen molar-refractivity contribution in [3.05, 3.63) is 77.8 Å². The minimum atomic E-state index is -0.774. The van der Waals surface area contributed by atoms with Gasteiger partial charge in [0.1, 0.15) is 0 Å². The van der Waals surface area contributed by atoms with Gasteiger partial charge in [0, 0.05) is 11.4 Å². The van der Waals surface area contributed by atoms with Crippen molar-refractivity contribution in [3.8, 4) is 16.3 Å². The Morgan fingerprint density at radius 3 is 2.56 bits per heavy atom. The first-order valence-electron chi connectivity index (χ1n) is 8.18. The first-order chi connectivity index (χ1) is 12.2. The minimum absolute atomic E-state index is 0.126. The van der Waals surface area contributed by atoms with Crippen LogP contribution in [0.2, 0.25) is 0 Å². The number of carboxylic acids is 1. The highest BCUT2D eigenvalue weighted by Crippen LogP contribution is 2.31. The van der Waals surface area contributed by atoms with Crippen LogP contribution in [0.25, 0.3) is 27.0 Å². The van der Waals surface area contributed by atoms with E-state index in [0.29, 0.717) is 6.42 Å². The number of thiophene rings is 1. The first-order valence-corrected chi connectivity index (χ1v) is 9.06. The molecule has 0 fully saturated rings. The second-order valence-corrected chi connectivity index (χ2v) is 6.90. The molecule has 4 aromatic rings. The third-order valence-electron chi connectivity index (χ3n) is 4.32. The highest BCUT2D eigenvalue weighted by Gasteiger charge is 2.14. The molecule has 0 spiro atoms. The summed E-state index contributed by atoms with van der Waals surface area (Å²) in [5.74, 6) is -0.774. The maximum Gasteiger partial charge on any atom is 0.303 e. The van der Waals surface area contributed by atoms with Gasteiger partial charge in [-0.15, -0.1) is 11.3 Å². The molecule has 124 valence electrons.